The summed E-state index contributed by atoms with van der Waals surface area (Å²) in [5, 5.41) is 8.77. The number of nitrogens with zero attached hydrogens (tertiary/aromatic N) is 1. The van der Waals surface area contributed by atoms with Gasteiger partial charge in [-0.1, -0.05) is 6.92 Å². The fourth-order valence-electron chi connectivity index (χ4n) is 0.927. The Hall–Kier alpha value is -0.120. The molecule has 74 valence electrons. The molecule has 1 atom stereocenters. The standard InChI is InChI=1S/C9H22N2O/c1-5-9(2,3)11(4)6-8(10)7-12/h8,12H,5-7,10H2,1-4H3. The van der Waals surface area contributed by atoms with Crippen LogP contribution in [-0.2, 0) is 0 Å². The molecule has 0 radical (unpaired) electrons. The Morgan fingerprint density at radius 1 is 1.50 bits per heavy atom. The Balaban J connectivity index is 3.93. The lowest BCUT2D eigenvalue weighted by Gasteiger charge is -2.36. The van der Waals surface area contributed by atoms with Gasteiger partial charge in [0.25, 0.3) is 0 Å². The first kappa shape index (κ1) is 11.9. The molecule has 0 rings (SSSR count). The lowest BCUT2D eigenvalue weighted by molar-refractivity contribution is 0.126. The summed E-state index contributed by atoms with van der Waals surface area (Å²) < 4.78 is 0. The molecule has 3 nitrogen and oxygen atoms in total. The van der Waals surface area contributed by atoms with Gasteiger partial charge in [0, 0.05) is 18.1 Å². The van der Waals surface area contributed by atoms with E-state index in [1.165, 1.54) is 0 Å². The van der Waals surface area contributed by atoms with Crippen LogP contribution in [0.25, 0.3) is 0 Å². The SMILES string of the molecule is CCC(C)(C)N(C)CC(N)CO. The second-order valence-corrected chi connectivity index (χ2v) is 3.99. The molecule has 1 unspecified atom stereocenters. The van der Waals surface area contributed by atoms with Gasteiger partial charge in [0.2, 0.25) is 0 Å². The fourth-order valence-corrected chi connectivity index (χ4v) is 0.927. The monoisotopic (exact) mass is 174 g/mol. The van der Waals surface area contributed by atoms with Crippen LogP contribution in [0.1, 0.15) is 27.2 Å². The third kappa shape index (κ3) is 3.52. The molecular formula is C9H22N2O. The number of aliphatic hydroxyl groups is 1. The van der Waals surface area contributed by atoms with Crippen molar-refractivity contribution in [2.45, 2.75) is 38.8 Å². The minimum absolute atomic E-state index is 0.0597. The van der Waals surface area contributed by atoms with Gasteiger partial charge in [0.1, 0.15) is 0 Å². The molecule has 0 heterocycles. The molecule has 0 aliphatic carbocycles. The zero-order chi connectivity index (χ0) is 9.78. The summed E-state index contributed by atoms with van der Waals surface area (Å²) in [6.07, 6.45) is 1.08. The van der Waals surface area contributed by atoms with E-state index < -0.39 is 0 Å². The number of rotatable bonds is 5. The van der Waals surface area contributed by atoms with E-state index in [0.29, 0.717) is 0 Å². The van der Waals surface area contributed by atoms with Gasteiger partial charge in [0.15, 0.2) is 0 Å². The number of hydrogen-bond acceptors (Lipinski definition) is 3. The summed E-state index contributed by atoms with van der Waals surface area (Å²) in [6.45, 7) is 7.32. The highest BCUT2D eigenvalue weighted by Gasteiger charge is 2.21. The first-order chi connectivity index (χ1) is 5.44. The van der Waals surface area contributed by atoms with Crippen LogP contribution < -0.4 is 5.73 Å². The third-order valence-corrected chi connectivity index (χ3v) is 2.64. The summed E-state index contributed by atoms with van der Waals surface area (Å²) in [6, 6.07) is -0.124. The Morgan fingerprint density at radius 3 is 2.33 bits per heavy atom. The van der Waals surface area contributed by atoms with Gasteiger partial charge in [-0.2, -0.15) is 0 Å². The highest BCUT2D eigenvalue weighted by atomic mass is 16.3. The molecule has 0 amide bonds. The molecule has 0 aromatic carbocycles. The van der Waals surface area contributed by atoms with Crippen LogP contribution in [0.15, 0.2) is 0 Å². The normalized spacial score (nSPS) is 15.2. The second kappa shape index (κ2) is 4.80. The van der Waals surface area contributed by atoms with Crippen LogP contribution in [0.5, 0.6) is 0 Å². The Bertz CT molecular complexity index is 126. The average Bonchev–Trinajstić information content (AvgIpc) is 2.04. The van der Waals surface area contributed by atoms with Crippen molar-refractivity contribution in [3.63, 3.8) is 0 Å². The summed E-state index contributed by atoms with van der Waals surface area (Å²) in [5.41, 5.74) is 5.81. The maximum absolute atomic E-state index is 8.77. The molecule has 0 fully saturated rings. The zero-order valence-electron chi connectivity index (χ0n) is 8.67. The summed E-state index contributed by atoms with van der Waals surface area (Å²) in [5.74, 6) is 0. The highest BCUT2D eigenvalue weighted by molar-refractivity contribution is 4.79. The number of hydrogen-bond donors (Lipinski definition) is 2. The van der Waals surface area contributed by atoms with Crippen molar-refractivity contribution in [3.8, 4) is 0 Å². The van der Waals surface area contributed by atoms with Crippen molar-refractivity contribution in [2.75, 3.05) is 20.2 Å². The molecule has 0 aliphatic heterocycles. The average molecular weight is 174 g/mol. The predicted octanol–water partition coefficient (Wildman–Crippen LogP) is 0.426. The van der Waals surface area contributed by atoms with E-state index in [4.69, 9.17) is 10.8 Å². The first-order valence-corrected chi connectivity index (χ1v) is 4.51. The van der Waals surface area contributed by atoms with Gasteiger partial charge in [-0.3, -0.25) is 4.90 Å². The van der Waals surface area contributed by atoms with E-state index in [-0.39, 0.29) is 18.2 Å². The van der Waals surface area contributed by atoms with Gasteiger partial charge in [-0.25, -0.2) is 0 Å². The Labute approximate surface area is 75.6 Å². The van der Waals surface area contributed by atoms with Crippen LogP contribution in [0.4, 0.5) is 0 Å². The first-order valence-electron chi connectivity index (χ1n) is 4.51. The zero-order valence-corrected chi connectivity index (χ0v) is 8.67. The summed E-state index contributed by atoms with van der Waals surface area (Å²) >= 11 is 0. The second-order valence-electron chi connectivity index (χ2n) is 3.99. The lowest BCUT2D eigenvalue weighted by atomic mass is 9.99. The molecule has 0 spiro atoms. The molecular weight excluding hydrogens is 152 g/mol. The molecule has 3 N–H and O–H groups in total. The van der Waals surface area contributed by atoms with Gasteiger partial charge in [0.05, 0.1) is 6.61 Å². The molecule has 0 aromatic rings. The molecule has 0 saturated carbocycles. The molecule has 3 heteroatoms. The van der Waals surface area contributed by atoms with Crippen LogP contribution in [0.3, 0.4) is 0 Å². The van der Waals surface area contributed by atoms with Crippen molar-refractivity contribution in [1.82, 2.24) is 4.90 Å². The molecule has 0 aliphatic rings. The quantitative estimate of drug-likeness (QED) is 0.635. The number of aliphatic hydroxyl groups excluding tert-OH is 1. The molecule has 0 saturated heterocycles. The fraction of sp³-hybridized carbons (Fsp3) is 1.00. The topological polar surface area (TPSA) is 49.5 Å². The minimum atomic E-state index is -0.124. The summed E-state index contributed by atoms with van der Waals surface area (Å²) in [4.78, 5) is 2.19. The largest absolute Gasteiger partial charge is 0.395 e. The molecule has 0 bridgehead atoms. The van der Waals surface area contributed by atoms with Gasteiger partial charge in [-0.15, -0.1) is 0 Å². The van der Waals surface area contributed by atoms with E-state index in [2.05, 4.69) is 25.7 Å². The summed E-state index contributed by atoms with van der Waals surface area (Å²) in [7, 11) is 2.04. The van der Waals surface area contributed by atoms with Crippen LogP contribution >= 0.6 is 0 Å². The van der Waals surface area contributed by atoms with Crippen molar-refractivity contribution >= 4 is 0 Å². The Morgan fingerprint density at radius 2 is 2.00 bits per heavy atom. The van der Waals surface area contributed by atoms with E-state index in [1.807, 2.05) is 7.05 Å². The highest BCUT2D eigenvalue weighted by Crippen LogP contribution is 2.15. The third-order valence-electron chi connectivity index (χ3n) is 2.64. The van der Waals surface area contributed by atoms with Gasteiger partial charge in [-0.05, 0) is 27.3 Å². The lowest BCUT2D eigenvalue weighted by Crippen LogP contribution is -2.47. The van der Waals surface area contributed by atoms with Crippen molar-refractivity contribution in [3.05, 3.63) is 0 Å². The maximum atomic E-state index is 8.77. The maximum Gasteiger partial charge on any atom is 0.0595 e. The molecule has 12 heavy (non-hydrogen) atoms. The number of likely N-dealkylation sites (N-methyl/N-ethyl adjacent to an activating group) is 1. The predicted molar refractivity (Wildman–Crippen MR) is 52.1 cm³/mol. The van der Waals surface area contributed by atoms with Gasteiger partial charge < -0.3 is 10.8 Å². The van der Waals surface area contributed by atoms with E-state index >= 15 is 0 Å². The minimum Gasteiger partial charge on any atom is -0.395 e. The van der Waals surface area contributed by atoms with Crippen LogP contribution in [-0.4, -0.2) is 41.8 Å². The van der Waals surface area contributed by atoms with E-state index in [0.717, 1.165) is 13.0 Å². The van der Waals surface area contributed by atoms with Crippen molar-refractivity contribution in [2.24, 2.45) is 5.73 Å². The smallest absolute Gasteiger partial charge is 0.0595 e. The van der Waals surface area contributed by atoms with Crippen LogP contribution in [0.2, 0.25) is 0 Å². The van der Waals surface area contributed by atoms with Crippen molar-refractivity contribution in [1.29, 1.82) is 0 Å². The number of nitrogens with two attached hydrogens (primary N) is 1. The Kier molecular flexibility index (Phi) is 4.75. The molecule has 0 aromatic heterocycles. The van der Waals surface area contributed by atoms with E-state index in [9.17, 15) is 0 Å². The van der Waals surface area contributed by atoms with Crippen LogP contribution in [0, 0.1) is 0 Å². The van der Waals surface area contributed by atoms with E-state index in [1.54, 1.807) is 0 Å². The van der Waals surface area contributed by atoms with Gasteiger partial charge >= 0.3 is 0 Å². The van der Waals surface area contributed by atoms with Crippen molar-refractivity contribution < 1.29 is 5.11 Å².